The van der Waals surface area contributed by atoms with Gasteiger partial charge in [0.15, 0.2) is 11.9 Å². The Hall–Kier alpha value is -2.11. The zero-order valence-corrected chi connectivity index (χ0v) is 14.3. The summed E-state index contributed by atoms with van der Waals surface area (Å²) < 4.78 is 5.39. The summed E-state index contributed by atoms with van der Waals surface area (Å²) in [4.78, 5) is 21.7. The highest BCUT2D eigenvalue weighted by atomic mass is 16.6. The summed E-state index contributed by atoms with van der Waals surface area (Å²) in [6.07, 6.45) is 8.24. The average molecular weight is 337 g/mol. The number of nitro benzene ring substituents is 1. The molecule has 0 radical (unpaired) electrons. The van der Waals surface area contributed by atoms with Crippen LogP contribution in [0.1, 0.15) is 64.7 Å². The molecule has 1 aromatic carbocycles. The van der Waals surface area contributed by atoms with E-state index in [1.165, 1.54) is 50.3 Å². The van der Waals surface area contributed by atoms with Gasteiger partial charge in [-0.1, -0.05) is 64.0 Å². The third kappa shape index (κ3) is 7.44. The minimum atomic E-state index is -1.09. The van der Waals surface area contributed by atoms with Crippen molar-refractivity contribution in [2.45, 2.75) is 70.8 Å². The minimum Gasteiger partial charge on any atom is -0.479 e. The quantitative estimate of drug-likeness (QED) is 0.312. The highest BCUT2D eigenvalue weighted by molar-refractivity contribution is 5.73. The van der Waals surface area contributed by atoms with Gasteiger partial charge in [0, 0.05) is 6.07 Å². The molecule has 0 aliphatic rings. The number of carbonyl (C=O) groups is 1. The van der Waals surface area contributed by atoms with Gasteiger partial charge in [0.1, 0.15) is 0 Å². The predicted octanol–water partition coefficient (Wildman–Crippen LogP) is 4.96. The summed E-state index contributed by atoms with van der Waals surface area (Å²) in [5.41, 5.74) is -0.209. The van der Waals surface area contributed by atoms with Crippen LogP contribution in [0.2, 0.25) is 0 Å². The Balaban J connectivity index is 2.40. The number of unbranched alkanes of at least 4 members (excludes halogenated alkanes) is 7. The first-order valence-corrected chi connectivity index (χ1v) is 8.69. The maximum Gasteiger partial charge on any atom is 0.344 e. The van der Waals surface area contributed by atoms with Crippen LogP contribution in [0.4, 0.5) is 5.69 Å². The topological polar surface area (TPSA) is 89.7 Å². The Morgan fingerprint density at radius 3 is 2.29 bits per heavy atom. The molecular weight excluding hydrogens is 310 g/mol. The van der Waals surface area contributed by atoms with Crippen LogP contribution in [-0.4, -0.2) is 22.1 Å². The molecule has 1 aromatic rings. The molecular formula is C18H27NO5. The number of hydrogen-bond acceptors (Lipinski definition) is 4. The molecule has 6 heteroatoms. The van der Waals surface area contributed by atoms with Crippen LogP contribution in [0.3, 0.4) is 0 Å². The van der Waals surface area contributed by atoms with Crippen molar-refractivity contribution in [2.75, 3.05) is 0 Å². The Morgan fingerprint density at radius 2 is 1.71 bits per heavy atom. The van der Waals surface area contributed by atoms with Gasteiger partial charge >= 0.3 is 11.7 Å². The molecule has 1 atom stereocenters. The monoisotopic (exact) mass is 337 g/mol. The van der Waals surface area contributed by atoms with Crippen molar-refractivity contribution in [3.8, 4) is 5.75 Å². The lowest BCUT2D eigenvalue weighted by Gasteiger charge is -2.15. The van der Waals surface area contributed by atoms with Crippen molar-refractivity contribution in [1.29, 1.82) is 0 Å². The summed E-state index contributed by atoms with van der Waals surface area (Å²) in [6.45, 7) is 2.18. The SMILES string of the molecule is CCCCCCCCCCC(Oc1ccccc1[N+](=O)[O-])C(=O)O. The number of nitrogens with zero attached hydrogens (tertiary/aromatic N) is 1. The van der Waals surface area contributed by atoms with Crippen molar-refractivity contribution < 1.29 is 19.6 Å². The van der Waals surface area contributed by atoms with Gasteiger partial charge in [-0.25, -0.2) is 4.79 Å². The minimum absolute atomic E-state index is 0.00876. The van der Waals surface area contributed by atoms with E-state index in [-0.39, 0.29) is 11.4 Å². The largest absolute Gasteiger partial charge is 0.479 e. The van der Waals surface area contributed by atoms with Crippen LogP contribution in [-0.2, 0) is 4.79 Å². The Morgan fingerprint density at radius 1 is 1.12 bits per heavy atom. The van der Waals surface area contributed by atoms with Gasteiger partial charge in [0.05, 0.1) is 4.92 Å². The molecule has 24 heavy (non-hydrogen) atoms. The molecule has 0 fully saturated rings. The summed E-state index contributed by atoms with van der Waals surface area (Å²) in [5.74, 6) is -1.08. The molecule has 0 spiro atoms. The number of para-hydroxylation sites is 2. The standard InChI is InChI=1S/C18H27NO5/c1-2-3-4-5-6-7-8-9-14-17(18(20)21)24-16-13-11-10-12-15(16)19(22)23/h10-13,17H,2-9,14H2,1H3,(H,20,21). The van der Waals surface area contributed by atoms with Crippen LogP contribution in [0.25, 0.3) is 0 Å². The van der Waals surface area contributed by atoms with Crippen LogP contribution in [0.5, 0.6) is 5.75 Å². The molecule has 0 aliphatic carbocycles. The maximum atomic E-state index is 11.3. The van der Waals surface area contributed by atoms with Crippen molar-refractivity contribution in [3.05, 3.63) is 34.4 Å². The molecule has 0 aromatic heterocycles. The second kappa shape index (κ2) is 11.4. The second-order valence-corrected chi connectivity index (χ2v) is 5.93. The molecule has 0 amide bonds. The molecule has 1 rings (SSSR count). The van der Waals surface area contributed by atoms with Crippen LogP contribution in [0.15, 0.2) is 24.3 Å². The van der Waals surface area contributed by atoms with E-state index in [1.54, 1.807) is 6.07 Å². The number of ether oxygens (including phenoxy) is 1. The first-order valence-electron chi connectivity index (χ1n) is 8.69. The van der Waals surface area contributed by atoms with Gasteiger partial charge in [0.25, 0.3) is 0 Å². The summed E-state index contributed by atoms with van der Waals surface area (Å²) >= 11 is 0. The van der Waals surface area contributed by atoms with Crippen LogP contribution < -0.4 is 4.74 Å². The average Bonchev–Trinajstić information content (AvgIpc) is 2.56. The highest BCUT2D eigenvalue weighted by Gasteiger charge is 2.23. The first-order chi connectivity index (χ1) is 11.6. The fraction of sp³-hybridized carbons (Fsp3) is 0.611. The molecule has 6 nitrogen and oxygen atoms in total. The van der Waals surface area contributed by atoms with E-state index in [4.69, 9.17) is 4.74 Å². The van der Waals surface area contributed by atoms with Crippen molar-refractivity contribution in [2.24, 2.45) is 0 Å². The smallest absolute Gasteiger partial charge is 0.344 e. The van der Waals surface area contributed by atoms with Gasteiger partial charge < -0.3 is 9.84 Å². The first kappa shape index (κ1) is 19.9. The zero-order valence-electron chi connectivity index (χ0n) is 14.3. The Bertz CT molecular complexity index is 518. The number of benzene rings is 1. The van der Waals surface area contributed by atoms with Crippen LogP contribution >= 0.6 is 0 Å². The number of carboxylic acid groups (broad SMARTS) is 1. The van der Waals surface area contributed by atoms with Gasteiger partial charge in [-0.15, -0.1) is 0 Å². The summed E-state index contributed by atoms with van der Waals surface area (Å²) in [7, 11) is 0. The van der Waals surface area contributed by atoms with E-state index in [0.29, 0.717) is 6.42 Å². The van der Waals surface area contributed by atoms with Crippen molar-refractivity contribution in [3.63, 3.8) is 0 Å². The van der Waals surface area contributed by atoms with Gasteiger partial charge in [-0.05, 0) is 18.9 Å². The van der Waals surface area contributed by atoms with Crippen molar-refractivity contribution >= 4 is 11.7 Å². The third-order valence-corrected chi connectivity index (χ3v) is 3.93. The Labute approximate surface area is 143 Å². The molecule has 0 aliphatic heterocycles. The Kier molecular flexibility index (Phi) is 9.49. The van der Waals surface area contributed by atoms with E-state index in [1.807, 2.05) is 0 Å². The number of nitro groups is 1. The number of rotatable bonds is 13. The maximum absolute atomic E-state index is 11.3. The third-order valence-electron chi connectivity index (χ3n) is 3.93. The van der Waals surface area contributed by atoms with Gasteiger partial charge in [-0.2, -0.15) is 0 Å². The lowest BCUT2D eigenvalue weighted by molar-refractivity contribution is -0.386. The molecule has 1 unspecified atom stereocenters. The molecule has 0 heterocycles. The molecule has 0 saturated carbocycles. The van der Waals surface area contributed by atoms with E-state index in [0.717, 1.165) is 19.3 Å². The van der Waals surface area contributed by atoms with Crippen molar-refractivity contribution in [1.82, 2.24) is 0 Å². The molecule has 1 N–H and O–H groups in total. The van der Waals surface area contributed by atoms with Gasteiger partial charge in [0.2, 0.25) is 0 Å². The van der Waals surface area contributed by atoms with Crippen LogP contribution in [0, 0.1) is 10.1 Å². The molecule has 134 valence electrons. The second-order valence-electron chi connectivity index (χ2n) is 5.93. The van der Waals surface area contributed by atoms with E-state index < -0.39 is 17.0 Å². The number of carboxylic acids is 1. The zero-order chi connectivity index (χ0) is 17.8. The number of aliphatic carboxylic acids is 1. The summed E-state index contributed by atoms with van der Waals surface area (Å²) in [6, 6.07) is 5.86. The summed E-state index contributed by atoms with van der Waals surface area (Å²) in [5, 5.41) is 20.2. The van der Waals surface area contributed by atoms with E-state index in [9.17, 15) is 20.0 Å². The fourth-order valence-electron chi connectivity index (χ4n) is 2.56. The predicted molar refractivity (Wildman–Crippen MR) is 92.4 cm³/mol. The lowest BCUT2D eigenvalue weighted by atomic mass is 10.1. The van der Waals surface area contributed by atoms with Gasteiger partial charge in [-0.3, -0.25) is 10.1 Å². The van der Waals surface area contributed by atoms with E-state index in [2.05, 4.69) is 6.92 Å². The molecule has 0 saturated heterocycles. The van der Waals surface area contributed by atoms with E-state index >= 15 is 0 Å². The normalized spacial score (nSPS) is 11.9. The fourth-order valence-corrected chi connectivity index (χ4v) is 2.56. The lowest BCUT2D eigenvalue weighted by Crippen LogP contribution is -2.27. The number of hydrogen-bond donors (Lipinski definition) is 1. The highest BCUT2D eigenvalue weighted by Crippen LogP contribution is 2.27. The molecule has 0 bridgehead atoms.